The van der Waals surface area contributed by atoms with Crippen LogP contribution in [0.3, 0.4) is 0 Å². The number of rotatable bonds is 3. The summed E-state index contributed by atoms with van der Waals surface area (Å²) in [6.45, 7) is 0. The fraction of sp³-hybridized carbons (Fsp3) is 0.0909. The number of aromatic nitrogens is 2. The molecule has 0 saturated heterocycles. The van der Waals surface area contributed by atoms with Crippen LogP contribution in [0.1, 0.15) is 11.4 Å². The molecule has 0 N–H and O–H groups in total. The molecule has 0 radical (unpaired) electrons. The molecule has 0 amide bonds. The van der Waals surface area contributed by atoms with E-state index in [9.17, 15) is 0 Å². The maximum Gasteiger partial charge on any atom is 0.203 e. The molecule has 3 nitrogen and oxygen atoms in total. The summed E-state index contributed by atoms with van der Waals surface area (Å²) in [6, 6.07) is 7.73. The minimum absolute atomic E-state index is 0.453. The van der Waals surface area contributed by atoms with Crippen LogP contribution in [0.5, 0.6) is 5.75 Å². The van der Waals surface area contributed by atoms with Gasteiger partial charge in [-0.2, -0.15) is 4.37 Å². The van der Waals surface area contributed by atoms with Crippen molar-refractivity contribution in [3.8, 4) is 5.75 Å². The van der Waals surface area contributed by atoms with Gasteiger partial charge in [0.1, 0.15) is 5.75 Å². The molecule has 0 fully saturated rings. The van der Waals surface area contributed by atoms with Crippen molar-refractivity contribution in [2.75, 3.05) is 7.11 Å². The van der Waals surface area contributed by atoms with Crippen LogP contribution < -0.4 is 4.74 Å². The van der Waals surface area contributed by atoms with Crippen LogP contribution >= 0.6 is 23.1 Å². The lowest BCUT2D eigenvalue weighted by atomic mass is 10.2. The molecule has 1 aromatic heterocycles. The predicted molar refractivity (Wildman–Crippen MR) is 66.8 cm³/mol. The van der Waals surface area contributed by atoms with Crippen molar-refractivity contribution in [2.24, 2.45) is 0 Å². The molecule has 0 saturated carbocycles. The Balaban J connectivity index is 2.11. The van der Waals surface area contributed by atoms with Gasteiger partial charge in [0, 0.05) is 0 Å². The Kier molecular flexibility index (Phi) is 3.54. The average molecular weight is 253 g/mol. The predicted octanol–water partition coefficient (Wildman–Crippen LogP) is 3.37. The molecule has 0 aliphatic heterocycles. The van der Waals surface area contributed by atoms with Crippen LogP contribution in [0.2, 0.25) is 4.47 Å². The minimum atomic E-state index is 0.453. The van der Waals surface area contributed by atoms with Crippen molar-refractivity contribution < 1.29 is 4.74 Å². The van der Waals surface area contributed by atoms with Crippen LogP contribution in [0.4, 0.5) is 0 Å². The summed E-state index contributed by atoms with van der Waals surface area (Å²) in [5.74, 6) is 1.47. The van der Waals surface area contributed by atoms with Gasteiger partial charge in [-0.15, -0.1) is 0 Å². The third-order valence-corrected chi connectivity index (χ3v) is 2.77. The van der Waals surface area contributed by atoms with Crippen LogP contribution in [0.25, 0.3) is 12.2 Å². The lowest BCUT2D eigenvalue weighted by Crippen LogP contribution is -1.81. The smallest absolute Gasteiger partial charge is 0.203 e. The third kappa shape index (κ3) is 2.81. The number of ether oxygens (including phenoxy) is 1. The molecule has 0 bridgehead atoms. The first-order valence-electron chi connectivity index (χ1n) is 4.59. The highest BCUT2D eigenvalue weighted by molar-refractivity contribution is 7.10. The Labute approximate surface area is 103 Å². The highest BCUT2D eigenvalue weighted by atomic mass is 35.5. The van der Waals surface area contributed by atoms with Gasteiger partial charge in [0.25, 0.3) is 0 Å². The second-order valence-electron chi connectivity index (χ2n) is 3.01. The first-order valence-corrected chi connectivity index (χ1v) is 5.74. The van der Waals surface area contributed by atoms with E-state index in [1.54, 1.807) is 7.11 Å². The maximum atomic E-state index is 5.68. The van der Waals surface area contributed by atoms with E-state index in [-0.39, 0.29) is 0 Å². The monoisotopic (exact) mass is 252 g/mol. The largest absolute Gasteiger partial charge is 0.497 e. The summed E-state index contributed by atoms with van der Waals surface area (Å²) in [4.78, 5) is 4.02. The molecule has 1 heterocycles. The lowest BCUT2D eigenvalue weighted by Gasteiger charge is -1.98. The number of methoxy groups -OCH3 is 1. The molecule has 2 aromatic rings. The van der Waals surface area contributed by atoms with E-state index in [1.165, 1.54) is 11.5 Å². The first kappa shape index (κ1) is 11.1. The number of benzene rings is 1. The number of halogens is 1. The molecule has 82 valence electrons. The summed E-state index contributed by atoms with van der Waals surface area (Å²) in [6.07, 6.45) is 3.75. The molecule has 1 aromatic carbocycles. The van der Waals surface area contributed by atoms with Gasteiger partial charge >= 0.3 is 0 Å². The van der Waals surface area contributed by atoms with Crippen molar-refractivity contribution in [3.05, 3.63) is 40.1 Å². The fourth-order valence-corrected chi connectivity index (χ4v) is 1.76. The van der Waals surface area contributed by atoms with Crippen molar-refractivity contribution in [1.29, 1.82) is 0 Å². The Morgan fingerprint density at radius 2 is 2.00 bits per heavy atom. The SMILES string of the molecule is COc1ccc(/C=C/c2nsc(Cl)n2)cc1. The number of hydrogen-bond acceptors (Lipinski definition) is 4. The minimum Gasteiger partial charge on any atom is -0.497 e. The topological polar surface area (TPSA) is 35.0 Å². The molecule has 0 spiro atoms. The highest BCUT2D eigenvalue weighted by Crippen LogP contribution is 2.15. The first-order chi connectivity index (χ1) is 7.78. The van der Waals surface area contributed by atoms with Crippen LogP contribution in [-0.4, -0.2) is 16.5 Å². The molecular formula is C11H9ClN2OS. The highest BCUT2D eigenvalue weighted by Gasteiger charge is 1.96. The van der Waals surface area contributed by atoms with Gasteiger partial charge in [-0.3, -0.25) is 0 Å². The molecular weight excluding hydrogens is 244 g/mol. The summed E-state index contributed by atoms with van der Waals surface area (Å²) >= 11 is 6.85. The van der Waals surface area contributed by atoms with Gasteiger partial charge in [-0.05, 0) is 46.9 Å². The van der Waals surface area contributed by atoms with Crippen LogP contribution in [-0.2, 0) is 0 Å². The standard InChI is InChI=1S/C11H9ClN2OS/c1-15-9-5-2-8(3-6-9)4-7-10-13-11(12)16-14-10/h2-7H,1H3/b7-4+. The Bertz CT molecular complexity index is 493. The summed E-state index contributed by atoms with van der Waals surface area (Å²) in [7, 11) is 1.64. The molecule has 2 rings (SSSR count). The van der Waals surface area contributed by atoms with Crippen LogP contribution in [0, 0.1) is 0 Å². The van der Waals surface area contributed by atoms with Gasteiger partial charge in [0.2, 0.25) is 4.47 Å². The Morgan fingerprint density at radius 3 is 2.56 bits per heavy atom. The number of hydrogen-bond donors (Lipinski definition) is 0. The van der Waals surface area contributed by atoms with E-state index in [4.69, 9.17) is 16.3 Å². The van der Waals surface area contributed by atoms with Crippen LogP contribution in [0.15, 0.2) is 24.3 Å². The van der Waals surface area contributed by atoms with Gasteiger partial charge in [-0.1, -0.05) is 18.2 Å². The van der Waals surface area contributed by atoms with Gasteiger partial charge in [-0.25, -0.2) is 4.98 Å². The molecule has 5 heteroatoms. The zero-order chi connectivity index (χ0) is 11.4. The molecule has 16 heavy (non-hydrogen) atoms. The van der Waals surface area contributed by atoms with E-state index in [2.05, 4.69) is 9.36 Å². The maximum absolute atomic E-state index is 5.68. The summed E-state index contributed by atoms with van der Waals surface area (Å²) < 4.78 is 9.58. The number of nitrogens with zero attached hydrogens (tertiary/aromatic N) is 2. The van der Waals surface area contributed by atoms with Crippen molar-refractivity contribution in [2.45, 2.75) is 0 Å². The molecule has 0 atom stereocenters. The van der Waals surface area contributed by atoms with E-state index in [0.29, 0.717) is 10.3 Å². The fourth-order valence-electron chi connectivity index (χ4n) is 1.17. The summed E-state index contributed by atoms with van der Waals surface area (Å²) in [5.41, 5.74) is 1.06. The second-order valence-corrected chi connectivity index (χ2v) is 4.35. The molecule has 0 aliphatic carbocycles. The molecule has 0 aliphatic rings. The summed E-state index contributed by atoms with van der Waals surface area (Å²) in [5, 5.41) is 0. The van der Waals surface area contributed by atoms with Crippen molar-refractivity contribution in [3.63, 3.8) is 0 Å². The van der Waals surface area contributed by atoms with Gasteiger partial charge in [0.05, 0.1) is 7.11 Å². The van der Waals surface area contributed by atoms with E-state index >= 15 is 0 Å². The van der Waals surface area contributed by atoms with Crippen molar-refractivity contribution >= 4 is 35.3 Å². The second kappa shape index (κ2) is 5.09. The Morgan fingerprint density at radius 1 is 1.25 bits per heavy atom. The third-order valence-electron chi connectivity index (χ3n) is 1.96. The van der Waals surface area contributed by atoms with Crippen molar-refractivity contribution in [1.82, 2.24) is 9.36 Å². The van der Waals surface area contributed by atoms with E-state index in [1.807, 2.05) is 36.4 Å². The zero-order valence-corrected chi connectivity index (χ0v) is 10.1. The quantitative estimate of drug-likeness (QED) is 0.840. The zero-order valence-electron chi connectivity index (χ0n) is 8.55. The average Bonchev–Trinajstić information content (AvgIpc) is 2.73. The molecule has 0 unspecified atom stereocenters. The van der Waals surface area contributed by atoms with Gasteiger partial charge in [0.15, 0.2) is 5.82 Å². The van der Waals surface area contributed by atoms with E-state index in [0.717, 1.165) is 11.3 Å². The van der Waals surface area contributed by atoms with Gasteiger partial charge < -0.3 is 4.74 Å². The lowest BCUT2D eigenvalue weighted by molar-refractivity contribution is 0.415. The Hall–Kier alpha value is -1.39. The normalized spacial score (nSPS) is 10.9. The van der Waals surface area contributed by atoms with E-state index < -0.39 is 0 Å².